The van der Waals surface area contributed by atoms with Crippen molar-refractivity contribution in [1.82, 2.24) is 9.62 Å². The molecule has 1 aromatic carbocycles. The van der Waals surface area contributed by atoms with Crippen molar-refractivity contribution >= 4 is 15.9 Å². The van der Waals surface area contributed by atoms with Gasteiger partial charge in [0.25, 0.3) is 0 Å². The molecule has 7 heteroatoms. The molecule has 0 bridgehead atoms. The predicted octanol–water partition coefficient (Wildman–Crippen LogP) is 3.54. The summed E-state index contributed by atoms with van der Waals surface area (Å²) in [5.74, 6) is 1.14. The third-order valence-electron chi connectivity index (χ3n) is 5.22. The molecule has 6 nitrogen and oxygen atoms in total. The summed E-state index contributed by atoms with van der Waals surface area (Å²) < 4.78 is 33.7. The molecule has 1 aromatic heterocycles. The highest BCUT2D eigenvalue weighted by atomic mass is 32.2. The van der Waals surface area contributed by atoms with Gasteiger partial charge in [0, 0.05) is 6.54 Å². The first-order valence-electron chi connectivity index (χ1n) is 9.57. The highest BCUT2D eigenvalue weighted by molar-refractivity contribution is 7.89. The zero-order valence-corrected chi connectivity index (χ0v) is 17.9. The van der Waals surface area contributed by atoms with Gasteiger partial charge in [-0.05, 0) is 70.7 Å². The van der Waals surface area contributed by atoms with Gasteiger partial charge >= 0.3 is 0 Å². The second kappa shape index (κ2) is 7.72. The number of furan rings is 1. The molecule has 28 heavy (non-hydrogen) atoms. The van der Waals surface area contributed by atoms with E-state index < -0.39 is 16.1 Å². The topological polar surface area (TPSA) is 79.6 Å². The summed E-state index contributed by atoms with van der Waals surface area (Å²) in [6, 6.07) is 6.37. The molecule has 1 fully saturated rings. The van der Waals surface area contributed by atoms with E-state index in [0.29, 0.717) is 41.2 Å². The second-order valence-electron chi connectivity index (χ2n) is 7.68. The van der Waals surface area contributed by atoms with Gasteiger partial charge in [0.15, 0.2) is 0 Å². The number of nitrogens with one attached hydrogen (secondary N) is 1. The molecular weight excluding hydrogens is 376 g/mol. The Kier molecular flexibility index (Phi) is 5.68. The number of sulfonamides is 1. The van der Waals surface area contributed by atoms with Gasteiger partial charge in [-0.3, -0.25) is 4.79 Å². The standard InChI is InChI=1S/C21H28N2O4S/c1-13-11-14(2)20(15(3)12-13)28(25,26)23-10-6-7-18(23)21(24)22-17(5)19-9-8-16(4)27-19/h8-9,11-12,17-18H,6-7,10H2,1-5H3,(H,22,24). The van der Waals surface area contributed by atoms with E-state index in [-0.39, 0.29) is 11.9 Å². The average Bonchev–Trinajstić information content (AvgIpc) is 3.22. The van der Waals surface area contributed by atoms with Crippen LogP contribution in [-0.4, -0.2) is 31.2 Å². The Morgan fingerprint density at radius 3 is 2.39 bits per heavy atom. The van der Waals surface area contributed by atoms with Crippen LogP contribution in [0.4, 0.5) is 0 Å². The molecule has 2 heterocycles. The van der Waals surface area contributed by atoms with E-state index in [2.05, 4.69) is 5.32 Å². The van der Waals surface area contributed by atoms with Crippen LogP contribution < -0.4 is 5.32 Å². The normalized spacial score (nSPS) is 19.0. The van der Waals surface area contributed by atoms with Crippen molar-refractivity contribution in [2.24, 2.45) is 0 Å². The van der Waals surface area contributed by atoms with Gasteiger partial charge in [0.2, 0.25) is 15.9 Å². The molecule has 152 valence electrons. The summed E-state index contributed by atoms with van der Waals surface area (Å²) in [5.41, 5.74) is 2.44. The fourth-order valence-electron chi connectivity index (χ4n) is 4.05. The Balaban J connectivity index is 1.85. The van der Waals surface area contributed by atoms with Crippen LogP contribution in [0.3, 0.4) is 0 Å². The molecule has 1 aliphatic heterocycles. The van der Waals surface area contributed by atoms with E-state index in [1.54, 1.807) is 13.8 Å². The molecule has 1 amide bonds. The van der Waals surface area contributed by atoms with Gasteiger partial charge < -0.3 is 9.73 Å². The van der Waals surface area contributed by atoms with Gasteiger partial charge in [-0.1, -0.05) is 17.7 Å². The number of hydrogen-bond acceptors (Lipinski definition) is 4. The summed E-state index contributed by atoms with van der Waals surface area (Å²) in [5, 5.41) is 2.90. The Morgan fingerprint density at radius 1 is 1.18 bits per heavy atom. The van der Waals surface area contributed by atoms with Crippen LogP contribution in [-0.2, 0) is 14.8 Å². The van der Waals surface area contributed by atoms with Crippen molar-refractivity contribution in [3.8, 4) is 0 Å². The highest BCUT2D eigenvalue weighted by Crippen LogP contribution is 2.31. The van der Waals surface area contributed by atoms with Crippen molar-refractivity contribution in [3.05, 3.63) is 52.5 Å². The van der Waals surface area contributed by atoms with Gasteiger partial charge in [0.1, 0.15) is 17.6 Å². The van der Waals surface area contributed by atoms with Crippen molar-refractivity contribution < 1.29 is 17.6 Å². The lowest BCUT2D eigenvalue weighted by Gasteiger charge is -2.26. The fourth-order valence-corrected chi connectivity index (χ4v) is 6.12. The number of benzene rings is 1. The monoisotopic (exact) mass is 404 g/mol. The molecule has 0 aliphatic carbocycles. The quantitative estimate of drug-likeness (QED) is 0.827. The lowest BCUT2D eigenvalue weighted by atomic mass is 10.1. The van der Waals surface area contributed by atoms with Crippen LogP contribution in [0.25, 0.3) is 0 Å². The van der Waals surface area contributed by atoms with Gasteiger partial charge in [0.05, 0.1) is 10.9 Å². The number of carbonyl (C=O) groups excluding carboxylic acids is 1. The Labute approximate surface area is 167 Å². The third kappa shape index (κ3) is 3.86. The SMILES string of the molecule is Cc1cc(C)c(S(=O)(=O)N2CCCC2C(=O)NC(C)c2ccc(C)o2)c(C)c1. The maximum atomic E-state index is 13.4. The fraction of sp³-hybridized carbons (Fsp3) is 0.476. The number of carbonyl (C=O) groups is 1. The van der Waals surface area contributed by atoms with E-state index in [1.807, 2.05) is 45.0 Å². The number of amides is 1. The maximum absolute atomic E-state index is 13.4. The molecule has 3 rings (SSSR count). The molecule has 1 aliphatic rings. The van der Waals surface area contributed by atoms with E-state index >= 15 is 0 Å². The van der Waals surface area contributed by atoms with Crippen LogP contribution in [0.2, 0.25) is 0 Å². The lowest BCUT2D eigenvalue weighted by Crippen LogP contribution is -2.46. The first-order valence-corrected chi connectivity index (χ1v) is 11.0. The van der Waals surface area contributed by atoms with Crippen molar-refractivity contribution in [3.63, 3.8) is 0 Å². The number of hydrogen-bond donors (Lipinski definition) is 1. The summed E-state index contributed by atoms with van der Waals surface area (Å²) in [7, 11) is -3.76. The molecular formula is C21H28N2O4S. The zero-order chi connectivity index (χ0) is 20.6. The van der Waals surface area contributed by atoms with Crippen LogP contribution in [0, 0.1) is 27.7 Å². The third-order valence-corrected chi connectivity index (χ3v) is 7.44. The number of aryl methyl sites for hydroxylation is 4. The van der Waals surface area contributed by atoms with Gasteiger partial charge in [-0.25, -0.2) is 8.42 Å². The predicted molar refractivity (Wildman–Crippen MR) is 108 cm³/mol. The minimum absolute atomic E-state index is 0.287. The summed E-state index contributed by atoms with van der Waals surface area (Å²) in [6.45, 7) is 9.58. The summed E-state index contributed by atoms with van der Waals surface area (Å²) in [6.07, 6.45) is 1.18. The van der Waals surface area contributed by atoms with Crippen LogP contribution >= 0.6 is 0 Å². The lowest BCUT2D eigenvalue weighted by molar-refractivity contribution is -0.125. The zero-order valence-electron chi connectivity index (χ0n) is 17.1. The highest BCUT2D eigenvalue weighted by Gasteiger charge is 2.41. The minimum atomic E-state index is -3.76. The van der Waals surface area contributed by atoms with Gasteiger partial charge in [-0.2, -0.15) is 4.31 Å². The first-order chi connectivity index (χ1) is 13.1. The smallest absolute Gasteiger partial charge is 0.244 e. The molecule has 1 saturated heterocycles. The Morgan fingerprint density at radius 2 is 1.82 bits per heavy atom. The molecule has 1 N–H and O–H groups in total. The molecule has 2 atom stereocenters. The summed E-state index contributed by atoms with van der Waals surface area (Å²) >= 11 is 0. The molecule has 0 saturated carbocycles. The van der Waals surface area contributed by atoms with Crippen molar-refractivity contribution in [2.45, 2.75) is 64.4 Å². The number of nitrogens with zero attached hydrogens (tertiary/aromatic N) is 1. The first kappa shape index (κ1) is 20.6. The van der Waals surface area contributed by atoms with E-state index in [1.165, 1.54) is 4.31 Å². The molecule has 2 unspecified atom stereocenters. The van der Waals surface area contributed by atoms with Crippen molar-refractivity contribution in [2.75, 3.05) is 6.54 Å². The maximum Gasteiger partial charge on any atom is 0.244 e. The van der Waals surface area contributed by atoms with E-state index in [9.17, 15) is 13.2 Å². The summed E-state index contributed by atoms with van der Waals surface area (Å²) in [4.78, 5) is 13.2. The minimum Gasteiger partial charge on any atom is -0.464 e. The molecule has 0 radical (unpaired) electrons. The Hall–Kier alpha value is -2.12. The van der Waals surface area contributed by atoms with Crippen LogP contribution in [0.1, 0.15) is 54.0 Å². The average molecular weight is 405 g/mol. The Bertz CT molecular complexity index is 971. The van der Waals surface area contributed by atoms with E-state index in [0.717, 1.165) is 11.3 Å². The largest absolute Gasteiger partial charge is 0.464 e. The molecule has 0 spiro atoms. The van der Waals surface area contributed by atoms with Crippen LogP contribution in [0.15, 0.2) is 33.6 Å². The van der Waals surface area contributed by atoms with Crippen molar-refractivity contribution in [1.29, 1.82) is 0 Å². The molecule has 2 aromatic rings. The van der Waals surface area contributed by atoms with Crippen LogP contribution in [0.5, 0.6) is 0 Å². The van der Waals surface area contributed by atoms with E-state index in [4.69, 9.17) is 4.42 Å². The number of rotatable bonds is 5. The van der Waals surface area contributed by atoms with Gasteiger partial charge in [-0.15, -0.1) is 0 Å². The second-order valence-corrected chi connectivity index (χ2v) is 9.51.